The van der Waals surface area contributed by atoms with Crippen LogP contribution in [-0.2, 0) is 0 Å². The molecule has 0 saturated carbocycles. The lowest BCUT2D eigenvalue weighted by atomic mass is 10.2. The van der Waals surface area contributed by atoms with E-state index >= 15 is 0 Å². The van der Waals surface area contributed by atoms with E-state index in [0.717, 1.165) is 21.5 Å². The Labute approximate surface area is 119 Å². The summed E-state index contributed by atoms with van der Waals surface area (Å²) in [6.45, 7) is 2.03. The van der Waals surface area contributed by atoms with E-state index in [0.29, 0.717) is 11.0 Å². The average molecular weight is 291 g/mol. The van der Waals surface area contributed by atoms with E-state index in [1.165, 1.54) is 4.88 Å². The lowest BCUT2D eigenvalue weighted by molar-refractivity contribution is 0.416. The van der Waals surface area contributed by atoms with Crippen molar-refractivity contribution < 1.29 is 4.74 Å². The van der Waals surface area contributed by atoms with Gasteiger partial charge < -0.3 is 4.74 Å². The zero-order valence-corrected chi connectivity index (χ0v) is 12.0. The van der Waals surface area contributed by atoms with Crippen LogP contribution < -0.4 is 4.74 Å². The van der Waals surface area contributed by atoms with Gasteiger partial charge in [-0.05, 0) is 25.1 Å². The summed E-state index contributed by atoms with van der Waals surface area (Å²) < 4.78 is 5.34. The first-order valence-electron chi connectivity index (χ1n) is 5.76. The highest BCUT2D eigenvalue weighted by atomic mass is 35.5. The van der Waals surface area contributed by atoms with E-state index < -0.39 is 0 Å². The number of ether oxygens (including phenoxy) is 1. The average Bonchev–Trinajstić information content (AvgIpc) is 2.79. The molecule has 1 aromatic carbocycles. The Bertz CT molecular complexity index is 754. The van der Waals surface area contributed by atoms with Crippen LogP contribution in [0.2, 0.25) is 5.15 Å². The maximum Gasteiger partial charge on any atom is 0.166 e. The predicted octanol–water partition coefficient (Wildman–Crippen LogP) is 4.33. The van der Waals surface area contributed by atoms with E-state index in [-0.39, 0.29) is 0 Å². The van der Waals surface area contributed by atoms with Gasteiger partial charge in [0.15, 0.2) is 5.82 Å². The highest BCUT2D eigenvalue weighted by molar-refractivity contribution is 7.18. The van der Waals surface area contributed by atoms with Crippen molar-refractivity contribution in [3.8, 4) is 17.1 Å². The van der Waals surface area contributed by atoms with Crippen LogP contribution in [0, 0.1) is 6.92 Å². The zero-order chi connectivity index (χ0) is 13.4. The number of hydrogen-bond acceptors (Lipinski definition) is 4. The first kappa shape index (κ1) is 12.4. The third kappa shape index (κ3) is 2.17. The van der Waals surface area contributed by atoms with Gasteiger partial charge in [-0.15, -0.1) is 11.3 Å². The predicted molar refractivity (Wildman–Crippen MR) is 79.2 cm³/mol. The van der Waals surface area contributed by atoms with Crippen molar-refractivity contribution in [2.24, 2.45) is 0 Å². The van der Waals surface area contributed by atoms with Crippen LogP contribution in [0.25, 0.3) is 21.6 Å². The van der Waals surface area contributed by atoms with Crippen LogP contribution in [-0.4, -0.2) is 17.1 Å². The van der Waals surface area contributed by atoms with E-state index in [1.807, 2.05) is 37.3 Å². The number of fused-ring (bicyclic) bond motifs is 1. The molecule has 0 N–H and O–H groups in total. The van der Waals surface area contributed by atoms with Gasteiger partial charge in [-0.1, -0.05) is 23.7 Å². The highest BCUT2D eigenvalue weighted by Crippen LogP contribution is 2.33. The van der Waals surface area contributed by atoms with Crippen LogP contribution >= 0.6 is 22.9 Å². The summed E-state index contributed by atoms with van der Waals surface area (Å²) in [5, 5.41) is 1.39. The Kier molecular flexibility index (Phi) is 3.12. The molecular formula is C14H11ClN2OS. The summed E-state index contributed by atoms with van der Waals surface area (Å²) in [7, 11) is 1.63. The molecule has 0 amide bonds. The molecule has 0 aliphatic heterocycles. The maximum atomic E-state index is 6.24. The first-order valence-corrected chi connectivity index (χ1v) is 6.95. The number of methoxy groups -OCH3 is 1. The van der Waals surface area contributed by atoms with Gasteiger partial charge in [-0.25, -0.2) is 9.97 Å². The number of para-hydroxylation sites is 1. The van der Waals surface area contributed by atoms with Crippen LogP contribution in [0.1, 0.15) is 4.88 Å². The smallest absolute Gasteiger partial charge is 0.166 e. The third-order valence-corrected chi connectivity index (χ3v) is 4.05. The van der Waals surface area contributed by atoms with E-state index in [4.69, 9.17) is 16.3 Å². The normalized spacial score (nSPS) is 10.9. The summed E-state index contributed by atoms with van der Waals surface area (Å²) in [5.41, 5.74) is 0.847. The minimum absolute atomic E-state index is 0.482. The second-order valence-corrected chi connectivity index (χ2v) is 5.71. The molecule has 0 spiro atoms. The summed E-state index contributed by atoms with van der Waals surface area (Å²) in [6, 6.07) is 9.67. The molecule has 5 heteroatoms. The van der Waals surface area contributed by atoms with Crippen LogP contribution in [0.4, 0.5) is 0 Å². The second kappa shape index (κ2) is 4.79. The van der Waals surface area contributed by atoms with Gasteiger partial charge >= 0.3 is 0 Å². The van der Waals surface area contributed by atoms with E-state index in [1.54, 1.807) is 18.4 Å². The van der Waals surface area contributed by atoms with Gasteiger partial charge in [-0.2, -0.15) is 0 Å². The van der Waals surface area contributed by atoms with Crippen molar-refractivity contribution in [3.63, 3.8) is 0 Å². The minimum atomic E-state index is 0.482. The largest absolute Gasteiger partial charge is 0.496 e. The van der Waals surface area contributed by atoms with Gasteiger partial charge in [0.05, 0.1) is 12.7 Å². The number of rotatable bonds is 2. The first-order chi connectivity index (χ1) is 9.19. The molecule has 2 heterocycles. The SMILES string of the molecule is COc1ccccc1-c1nc(Cl)c2cc(C)sc2n1. The fraction of sp³-hybridized carbons (Fsp3) is 0.143. The molecule has 0 atom stereocenters. The highest BCUT2D eigenvalue weighted by Gasteiger charge is 2.13. The zero-order valence-electron chi connectivity index (χ0n) is 10.5. The van der Waals surface area contributed by atoms with Gasteiger partial charge in [0.25, 0.3) is 0 Å². The van der Waals surface area contributed by atoms with Crippen molar-refractivity contribution in [2.45, 2.75) is 6.92 Å². The number of halogens is 1. The van der Waals surface area contributed by atoms with Crippen molar-refractivity contribution in [1.29, 1.82) is 0 Å². The second-order valence-electron chi connectivity index (χ2n) is 4.11. The number of nitrogens with zero attached hydrogens (tertiary/aromatic N) is 2. The number of benzene rings is 1. The number of thiophene rings is 1. The van der Waals surface area contributed by atoms with Crippen molar-refractivity contribution in [1.82, 2.24) is 9.97 Å². The molecule has 0 fully saturated rings. The van der Waals surface area contributed by atoms with Gasteiger partial charge in [0, 0.05) is 10.3 Å². The van der Waals surface area contributed by atoms with Gasteiger partial charge in [-0.3, -0.25) is 0 Å². The number of aryl methyl sites for hydroxylation is 1. The van der Waals surface area contributed by atoms with E-state index in [2.05, 4.69) is 9.97 Å². The van der Waals surface area contributed by atoms with Crippen molar-refractivity contribution in [3.05, 3.63) is 40.4 Å². The monoisotopic (exact) mass is 290 g/mol. The molecule has 0 aliphatic carbocycles. The molecule has 3 rings (SSSR count). The Morgan fingerprint density at radius 1 is 1.21 bits per heavy atom. The third-order valence-electron chi connectivity index (χ3n) is 2.82. The molecule has 19 heavy (non-hydrogen) atoms. The number of aromatic nitrogens is 2. The van der Waals surface area contributed by atoms with Crippen molar-refractivity contribution >= 4 is 33.2 Å². The van der Waals surface area contributed by atoms with Crippen LogP contribution in [0.5, 0.6) is 5.75 Å². The quantitative estimate of drug-likeness (QED) is 0.659. The molecule has 0 bridgehead atoms. The van der Waals surface area contributed by atoms with Crippen LogP contribution in [0.15, 0.2) is 30.3 Å². The topological polar surface area (TPSA) is 35.0 Å². The molecular weight excluding hydrogens is 280 g/mol. The van der Waals surface area contributed by atoms with E-state index in [9.17, 15) is 0 Å². The Morgan fingerprint density at radius 3 is 2.79 bits per heavy atom. The molecule has 3 aromatic rings. The van der Waals surface area contributed by atoms with Crippen molar-refractivity contribution in [2.75, 3.05) is 7.11 Å². The van der Waals surface area contributed by atoms with Gasteiger partial charge in [0.1, 0.15) is 15.7 Å². The molecule has 3 nitrogen and oxygen atoms in total. The lowest BCUT2D eigenvalue weighted by Crippen LogP contribution is -1.93. The minimum Gasteiger partial charge on any atom is -0.496 e. The maximum absolute atomic E-state index is 6.24. The van der Waals surface area contributed by atoms with Gasteiger partial charge in [0.2, 0.25) is 0 Å². The molecule has 96 valence electrons. The Hall–Kier alpha value is -1.65. The lowest BCUT2D eigenvalue weighted by Gasteiger charge is -2.07. The fourth-order valence-corrected chi connectivity index (χ4v) is 3.12. The molecule has 0 radical (unpaired) electrons. The molecule has 0 aliphatic rings. The summed E-state index contributed by atoms with van der Waals surface area (Å²) >= 11 is 7.85. The summed E-state index contributed by atoms with van der Waals surface area (Å²) in [6.07, 6.45) is 0. The molecule has 0 unspecified atom stereocenters. The number of hydrogen-bond donors (Lipinski definition) is 0. The Morgan fingerprint density at radius 2 is 2.00 bits per heavy atom. The Balaban J connectivity index is 2.25. The van der Waals surface area contributed by atoms with Crippen LogP contribution in [0.3, 0.4) is 0 Å². The summed E-state index contributed by atoms with van der Waals surface area (Å²) in [4.78, 5) is 11.0. The summed E-state index contributed by atoms with van der Waals surface area (Å²) in [5.74, 6) is 1.34. The molecule has 0 saturated heterocycles. The molecule has 2 aromatic heterocycles. The fourth-order valence-electron chi connectivity index (χ4n) is 1.96. The standard InChI is InChI=1S/C14H11ClN2OS/c1-8-7-10-12(15)16-13(17-14(10)19-8)9-5-3-4-6-11(9)18-2/h3-7H,1-2H3.